The molecule has 2 aliphatic rings. The summed E-state index contributed by atoms with van der Waals surface area (Å²) in [5.74, 6) is -0.598. The third-order valence-corrected chi connectivity index (χ3v) is 5.95. The van der Waals surface area contributed by atoms with Crippen LogP contribution < -0.4 is 5.73 Å². The van der Waals surface area contributed by atoms with Gasteiger partial charge in [-0.15, -0.1) is 0 Å². The summed E-state index contributed by atoms with van der Waals surface area (Å²) in [6.45, 7) is 2.04. The van der Waals surface area contributed by atoms with Crippen molar-refractivity contribution in [3.8, 4) is 0 Å². The molecule has 8 heteroatoms. The summed E-state index contributed by atoms with van der Waals surface area (Å²) in [5, 5.41) is 0.904. The van der Waals surface area contributed by atoms with Gasteiger partial charge in [-0.1, -0.05) is 6.42 Å². The Bertz CT molecular complexity index is 900. The van der Waals surface area contributed by atoms with Crippen molar-refractivity contribution in [1.82, 2.24) is 19.8 Å². The predicted molar refractivity (Wildman–Crippen MR) is 103 cm³/mol. The fourth-order valence-electron chi connectivity index (χ4n) is 4.30. The smallest absolute Gasteiger partial charge is 0.255 e. The van der Waals surface area contributed by atoms with E-state index in [9.17, 15) is 14.4 Å². The highest BCUT2D eigenvalue weighted by Crippen LogP contribution is 2.30. The van der Waals surface area contributed by atoms with Crippen LogP contribution in [0.4, 0.5) is 0 Å². The highest BCUT2D eigenvalue weighted by molar-refractivity contribution is 5.97. The number of carbonyl (C=O) groups is 3. The minimum atomic E-state index is -0.305. The zero-order valence-corrected chi connectivity index (χ0v) is 15.8. The number of primary amides is 1. The average Bonchev–Trinajstić information content (AvgIpc) is 3.20. The monoisotopic (exact) mass is 383 g/mol. The van der Waals surface area contributed by atoms with E-state index >= 15 is 0 Å². The van der Waals surface area contributed by atoms with Crippen LogP contribution in [0.5, 0.6) is 0 Å². The lowest BCUT2D eigenvalue weighted by Crippen LogP contribution is -2.52. The van der Waals surface area contributed by atoms with Crippen LogP contribution in [-0.2, 0) is 9.59 Å². The first-order valence-corrected chi connectivity index (χ1v) is 9.83. The van der Waals surface area contributed by atoms with Crippen molar-refractivity contribution in [2.24, 2.45) is 17.6 Å². The van der Waals surface area contributed by atoms with Gasteiger partial charge in [0.1, 0.15) is 5.65 Å². The summed E-state index contributed by atoms with van der Waals surface area (Å²) < 4.78 is 0. The number of aromatic nitrogens is 2. The molecule has 1 aliphatic heterocycles. The first-order chi connectivity index (χ1) is 13.5. The van der Waals surface area contributed by atoms with Crippen LogP contribution in [0, 0.1) is 11.8 Å². The molecule has 3 N–H and O–H groups in total. The number of aromatic amines is 1. The van der Waals surface area contributed by atoms with Crippen LogP contribution in [0.3, 0.4) is 0 Å². The van der Waals surface area contributed by atoms with E-state index in [1.54, 1.807) is 17.3 Å². The maximum Gasteiger partial charge on any atom is 0.255 e. The number of hydrogen-bond donors (Lipinski definition) is 2. The second-order valence-corrected chi connectivity index (χ2v) is 7.72. The maximum atomic E-state index is 12.8. The normalized spacial score (nSPS) is 23.0. The maximum absolute atomic E-state index is 12.8. The molecule has 2 aromatic heterocycles. The predicted octanol–water partition coefficient (Wildman–Crippen LogP) is 1.14. The van der Waals surface area contributed by atoms with Gasteiger partial charge in [0.05, 0.1) is 5.56 Å². The fourth-order valence-corrected chi connectivity index (χ4v) is 4.30. The van der Waals surface area contributed by atoms with E-state index in [1.807, 2.05) is 17.0 Å². The number of nitrogens with zero attached hydrogens (tertiary/aromatic N) is 3. The standard InChI is InChI=1S/C20H25N5O3/c21-17(26)13-2-1-3-15(10-13)19(27)24-6-8-25(9-7-24)20(28)16-11-14-4-5-22-18(14)23-12-16/h4-5,11-13,15H,1-3,6-10H2,(H2,21,26)(H,22,23). The van der Waals surface area contributed by atoms with Crippen molar-refractivity contribution in [2.45, 2.75) is 25.7 Å². The Balaban J connectivity index is 1.35. The van der Waals surface area contributed by atoms with E-state index in [1.165, 1.54) is 0 Å². The second kappa shape index (κ2) is 7.61. The van der Waals surface area contributed by atoms with Crippen LogP contribution in [0.2, 0.25) is 0 Å². The zero-order valence-electron chi connectivity index (χ0n) is 15.8. The molecular formula is C20H25N5O3. The molecule has 1 saturated carbocycles. The van der Waals surface area contributed by atoms with E-state index in [2.05, 4.69) is 9.97 Å². The molecule has 4 rings (SSSR count). The van der Waals surface area contributed by atoms with Crippen molar-refractivity contribution in [2.75, 3.05) is 26.2 Å². The van der Waals surface area contributed by atoms with Crippen LogP contribution in [0.15, 0.2) is 24.5 Å². The molecule has 2 aromatic rings. The highest BCUT2D eigenvalue weighted by atomic mass is 16.2. The number of rotatable bonds is 3. The fraction of sp³-hybridized carbons (Fsp3) is 0.500. The molecule has 8 nitrogen and oxygen atoms in total. The number of pyridine rings is 1. The average molecular weight is 383 g/mol. The minimum absolute atomic E-state index is 0.0610. The largest absolute Gasteiger partial charge is 0.369 e. The van der Waals surface area contributed by atoms with Crippen molar-refractivity contribution in [1.29, 1.82) is 0 Å². The first kappa shape index (κ1) is 18.5. The third-order valence-electron chi connectivity index (χ3n) is 5.95. The van der Waals surface area contributed by atoms with E-state index < -0.39 is 0 Å². The molecular weight excluding hydrogens is 358 g/mol. The van der Waals surface area contributed by atoms with Crippen molar-refractivity contribution in [3.05, 3.63) is 30.1 Å². The summed E-state index contributed by atoms with van der Waals surface area (Å²) in [6.07, 6.45) is 6.38. The SMILES string of the molecule is NC(=O)C1CCCC(C(=O)N2CCN(C(=O)c3cnc4[nH]ccc4c3)CC2)C1. The van der Waals surface area contributed by atoms with Crippen LogP contribution in [-0.4, -0.2) is 63.7 Å². The van der Waals surface area contributed by atoms with Gasteiger partial charge in [-0.2, -0.15) is 0 Å². The molecule has 2 atom stereocenters. The Morgan fingerprint density at radius 2 is 1.79 bits per heavy atom. The molecule has 3 heterocycles. The topological polar surface area (TPSA) is 112 Å². The van der Waals surface area contributed by atoms with Crippen LogP contribution in [0.1, 0.15) is 36.0 Å². The molecule has 3 amide bonds. The van der Waals surface area contributed by atoms with Crippen molar-refractivity contribution >= 4 is 28.8 Å². The van der Waals surface area contributed by atoms with Gasteiger partial charge in [-0.3, -0.25) is 14.4 Å². The molecule has 28 heavy (non-hydrogen) atoms. The van der Waals surface area contributed by atoms with E-state index in [0.717, 1.165) is 30.3 Å². The van der Waals surface area contributed by atoms with Crippen LogP contribution in [0.25, 0.3) is 11.0 Å². The third kappa shape index (κ3) is 3.58. The van der Waals surface area contributed by atoms with Crippen molar-refractivity contribution in [3.63, 3.8) is 0 Å². The summed E-state index contributed by atoms with van der Waals surface area (Å²) in [5.41, 5.74) is 6.74. The van der Waals surface area contributed by atoms with E-state index in [-0.39, 0.29) is 29.6 Å². The Kier molecular flexibility index (Phi) is 5.02. The van der Waals surface area contributed by atoms with Gasteiger partial charge in [-0.25, -0.2) is 4.98 Å². The second-order valence-electron chi connectivity index (χ2n) is 7.72. The van der Waals surface area contributed by atoms with Gasteiger partial charge < -0.3 is 20.5 Å². The summed E-state index contributed by atoms with van der Waals surface area (Å²) in [4.78, 5) is 48.0. The summed E-state index contributed by atoms with van der Waals surface area (Å²) >= 11 is 0. The molecule has 148 valence electrons. The molecule has 0 aromatic carbocycles. The van der Waals surface area contributed by atoms with Gasteiger partial charge in [0, 0.05) is 55.8 Å². The van der Waals surface area contributed by atoms with Crippen molar-refractivity contribution < 1.29 is 14.4 Å². The lowest BCUT2D eigenvalue weighted by atomic mass is 9.80. The van der Waals surface area contributed by atoms with Crippen LogP contribution >= 0.6 is 0 Å². The highest BCUT2D eigenvalue weighted by Gasteiger charge is 2.34. The Morgan fingerprint density at radius 1 is 1.07 bits per heavy atom. The minimum Gasteiger partial charge on any atom is -0.369 e. The zero-order chi connectivity index (χ0) is 19.7. The molecule has 0 bridgehead atoms. The van der Waals surface area contributed by atoms with Gasteiger partial charge in [-0.05, 0) is 31.4 Å². The Hall–Kier alpha value is -2.90. The number of H-pyrrole nitrogens is 1. The first-order valence-electron chi connectivity index (χ1n) is 9.83. The summed E-state index contributed by atoms with van der Waals surface area (Å²) in [7, 11) is 0. The summed E-state index contributed by atoms with van der Waals surface area (Å²) in [6, 6.07) is 3.73. The molecule has 2 unspecified atom stereocenters. The molecule has 1 aliphatic carbocycles. The number of amides is 3. The molecule has 1 saturated heterocycles. The van der Waals surface area contributed by atoms with E-state index in [4.69, 9.17) is 5.73 Å². The lowest BCUT2D eigenvalue weighted by Gasteiger charge is -2.37. The van der Waals surface area contributed by atoms with Gasteiger partial charge in [0.15, 0.2) is 0 Å². The van der Waals surface area contributed by atoms with E-state index in [0.29, 0.717) is 38.2 Å². The Morgan fingerprint density at radius 3 is 2.54 bits per heavy atom. The number of nitrogens with one attached hydrogen (secondary N) is 1. The Labute approximate surface area is 163 Å². The van der Waals surface area contributed by atoms with Gasteiger partial charge in [0.2, 0.25) is 11.8 Å². The van der Waals surface area contributed by atoms with Gasteiger partial charge >= 0.3 is 0 Å². The molecule has 0 spiro atoms. The lowest BCUT2D eigenvalue weighted by molar-refractivity contribution is -0.139. The number of hydrogen-bond acceptors (Lipinski definition) is 4. The number of carbonyl (C=O) groups excluding carboxylic acids is 3. The number of piperazine rings is 1. The molecule has 0 radical (unpaired) electrons. The number of nitrogens with two attached hydrogens (primary N) is 1. The molecule has 2 fully saturated rings. The quantitative estimate of drug-likeness (QED) is 0.827. The number of fused-ring (bicyclic) bond motifs is 1. The van der Waals surface area contributed by atoms with Gasteiger partial charge in [0.25, 0.3) is 5.91 Å².